The zero-order valence-corrected chi connectivity index (χ0v) is 18.1. The second-order valence-electron chi connectivity index (χ2n) is 8.80. The van der Waals surface area contributed by atoms with Gasteiger partial charge in [0.1, 0.15) is 5.82 Å². The first-order valence-corrected chi connectivity index (χ1v) is 11.4. The van der Waals surface area contributed by atoms with Crippen LogP contribution in [0.1, 0.15) is 44.1 Å². The molecule has 0 aromatic heterocycles. The minimum Gasteiger partial charge on any atom is -0.432 e. The predicted octanol–water partition coefficient (Wildman–Crippen LogP) is 5.60. The molecular weight excluding hydrogens is 400 g/mol. The van der Waals surface area contributed by atoms with Gasteiger partial charge in [0, 0.05) is 22.5 Å². The third-order valence-corrected chi connectivity index (χ3v) is 7.01. The summed E-state index contributed by atoms with van der Waals surface area (Å²) in [6.45, 7) is 1.68. The molecule has 1 saturated heterocycles. The summed E-state index contributed by atoms with van der Waals surface area (Å²) in [5, 5.41) is 10.8. The Balaban J connectivity index is 1.50. The number of halogens is 2. The number of amides is 1. The van der Waals surface area contributed by atoms with Crippen molar-refractivity contribution in [1.82, 2.24) is 4.81 Å². The van der Waals surface area contributed by atoms with Gasteiger partial charge in [-0.2, -0.15) is 0 Å². The lowest BCUT2D eigenvalue weighted by Crippen LogP contribution is -2.45. The third kappa shape index (κ3) is 4.43. The summed E-state index contributed by atoms with van der Waals surface area (Å²) in [5.74, 6) is 0.291. The van der Waals surface area contributed by atoms with Crippen molar-refractivity contribution in [2.24, 2.45) is 11.8 Å². The van der Waals surface area contributed by atoms with Gasteiger partial charge in [-0.25, -0.2) is 4.39 Å². The largest absolute Gasteiger partial charge is 0.432 e. The molecule has 4 rings (SSSR count). The highest BCUT2D eigenvalue weighted by Gasteiger charge is 2.45. The minimum atomic E-state index is -0.782. The van der Waals surface area contributed by atoms with Crippen LogP contribution in [-0.2, 0) is 11.2 Å². The van der Waals surface area contributed by atoms with Crippen molar-refractivity contribution in [2.75, 3.05) is 0 Å². The summed E-state index contributed by atoms with van der Waals surface area (Å²) in [4.78, 5) is 14.8. The van der Waals surface area contributed by atoms with Crippen molar-refractivity contribution in [3.8, 4) is 11.1 Å². The summed E-state index contributed by atoms with van der Waals surface area (Å²) in [7, 11) is -0.782. The topological polar surface area (TPSA) is 40.5 Å². The Labute approximate surface area is 183 Å². The quantitative estimate of drug-likeness (QED) is 0.631. The average molecular weight is 428 g/mol. The maximum Gasteiger partial charge on any atom is 0.411 e. The molecule has 2 fully saturated rings. The van der Waals surface area contributed by atoms with Crippen LogP contribution in [0, 0.1) is 17.7 Å². The molecule has 0 radical (unpaired) electrons. The lowest BCUT2D eigenvalue weighted by atomic mass is 9.78. The number of carbonyl (C=O) groups is 1. The summed E-state index contributed by atoms with van der Waals surface area (Å²) < 4.78 is 14.2. The van der Waals surface area contributed by atoms with Gasteiger partial charge in [0.05, 0.1) is 0 Å². The zero-order valence-electron chi connectivity index (χ0n) is 17.4. The molecule has 30 heavy (non-hydrogen) atoms. The fraction of sp³-hybridized carbons (Fsp3) is 0.458. The minimum absolute atomic E-state index is 0.00168. The zero-order chi connectivity index (χ0) is 21.3. The second kappa shape index (κ2) is 9.11. The SMILES string of the molecule is CB(O)N1C(=O)C(C2CCCCC2)C[C@H]1Cc1ccc(-c2cc(Cl)ccc2F)cc1. The van der Waals surface area contributed by atoms with E-state index in [4.69, 9.17) is 11.6 Å². The molecule has 1 aliphatic heterocycles. The number of rotatable bonds is 5. The number of nitrogens with zero attached hydrogens (tertiary/aromatic N) is 1. The van der Waals surface area contributed by atoms with E-state index in [9.17, 15) is 14.2 Å². The molecule has 2 aromatic rings. The van der Waals surface area contributed by atoms with Gasteiger partial charge in [0.15, 0.2) is 0 Å². The van der Waals surface area contributed by atoms with Crippen LogP contribution in [0.5, 0.6) is 0 Å². The molecule has 1 N–H and O–H groups in total. The fourth-order valence-corrected chi connectivity index (χ4v) is 5.46. The average Bonchev–Trinajstić information content (AvgIpc) is 3.07. The van der Waals surface area contributed by atoms with Crippen LogP contribution in [0.3, 0.4) is 0 Å². The molecular formula is C24H28BClFNO2. The fourth-order valence-electron chi connectivity index (χ4n) is 5.29. The van der Waals surface area contributed by atoms with E-state index in [0.717, 1.165) is 30.4 Å². The van der Waals surface area contributed by atoms with E-state index in [1.807, 2.05) is 24.3 Å². The van der Waals surface area contributed by atoms with Crippen molar-refractivity contribution in [3.05, 3.63) is 58.9 Å². The van der Waals surface area contributed by atoms with E-state index < -0.39 is 7.05 Å². The van der Waals surface area contributed by atoms with E-state index in [0.29, 0.717) is 22.9 Å². The van der Waals surface area contributed by atoms with Gasteiger partial charge >= 0.3 is 7.05 Å². The molecule has 6 heteroatoms. The monoisotopic (exact) mass is 427 g/mol. The first kappa shape index (κ1) is 21.4. The second-order valence-corrected chi connectivity index (χ2v) is 9.23. The number of hydrogen-bond acceptors (Lipinski definition) is 2. The highest BCUT2D eigenvalue weighted by molar-refractivity contribution is 6.49. The van der Waals surface area contributed by atoms with Crippen LogP contribution in [0.2, 0.25) is 11.8 Å². The smallest absolute Gasteiger partial charge is 0.411 e. The highest BCUT2D eigenvalue weighted by atomic mass is 35.5. The van der Waals surface area contributed by atoms with Gasteiger partial charge in [-0.15, -0.1) is 0 Å². The van der Waals surface area contributed by atoms with Gasteiger partial charge < -0.3 is 9.83 Å². The molecule has 1 aliphatic carbocycles. The van der Waals surface area contributed by atoms with Crippen LogP contribution in [0.25, 0.3) is 11.1 Å². The molecule has 0 spiro atoms. The molecule has 1 saturated carbocycles. The van der Waals surface area contributed by atoms with Crippen molar-refractivity contribution >= 4 is 24.6 Å². The first-order valence-electron chi connectivity index (χ1n) is 11.0. The Morgan fingerprint density at radius 3 is 2.50 bits per heavy atom. The van der Waals surface area contributed by atoms with Crippen LogP contribution in [0.4, 0.5) is 4.39 Å². The number of hydrogen-bond donors (Lipinski definition) is 1. The molecule has 1 amide bonds. The Morgan fingerprint density at radius 2 is 1.83 bits per heavy atom. The van der Waals surface area contributed by atoms with E-state index in [1.165, 1.54) is 25.3 Å². The van der Waals surface area contributed by atoms with Crippen LogP contribution in [0.15, 0.2) is 42.5 Å². The molecule has 1 unspecified atom stereocenters. The van der Waals surface area contributed by atoms with Crippen molar-refractivity contribution in [2.45, 2.75) is 57.8 Å². The molecule has 2 aromatic carbocycles. The van der Waals surface area contributed by atoms with Crippen molar-refractivity contribution in [3.63, 3.8) is 0 Å². The molecule has 3 nitrogen and oxygen atoms in total. The lowest BCUT2D eigenvalue weighted by molar-refractivity contribution is -0.130. The number of carbonyl (C=O) groups excluding carboxylic acids is 1. The van der Waals surface area contributed by atoms with E-state index >= 15 is 0 Å². The van der Waals surface area contributed by atoms with E-state index in [1.54, 1.807) is 23.8 Å². The van der Waals surface area contributed by atoms with Gasteiger partial charge in [0.2, 0.25) is 5.91 Å². The van der Waals surface area contributed by atoms with Crippen LogP contribution in [-0.4, -0.2) is 28.8 Å². The van der Waals surface area contributed by atoms with Crippen LogP contribution >= 0.6 is 11.6 Å². The van der Waals surface area contributed by atoms with Crippen molar-refractivity contribution < 1.29 is 14.2 Å². The summed E-state index contributed by atoms with van der Waals surface area (Å²) in [6.07, 6.45) is 7.41. The van der Waals surface area contributed by atoms with Crippen LogP contribution < -0.4 is 0 Å². The Kier molecular flexibility index (Phi) is 6.50. The normalized spacial score (nSPS) is 22.5. The molecule has 1 heterocycles. The Bertz CT molecular complexity index is 899. The van der Waals surface area contributed by atoms with Gasteiger partial charge in [-0.1, -0.05) is 55.1 Å². The molecule has 2 aliphatic rings. The summed E-state index contributed by atoms with van der Waals surface area (Å²) >= 11 is 6.02. The standard InChI is InChI=1S/C24H28BClFNO2/c1-25(30)28-20(15-22(24(28)29)17-5-3-2-4-6-17)13-16-7-9-18(10-8-16)21-14-19(26)11-12-23(21)27/h7-12,14,17,20,22,30H,2-6,13,15H2,1H3/t20-,22?/m1/s1. The van der Waals surface area contributed by atoms with Gasteiger partial charge in [-0.3, -0.25) is 4.79 Å². The maximum absolute atomic E-state index is 14.2. The maximum atomic E-state index is 14.2. The van der Waals surface area contributed by atoms with E-state index in [-0.39, 0.29) is 23.7 Å². The Hall–Kier alpha value is -1.85. The van der Waals surface area contributed by atoms with Crippen molar-refractivity contribution in [1.29, 1.82) is 0 Å². The summed E-state index contributed by atoms with van der Waals surface area (Å²) in [5.41, 5.74) is 2.33. The van der Waals surface area contributed by atoms with Gasteiger partial charge in [0.25, 0.3) is 0 Å². The Morgan fingerprint density at radius 1 is 1.13 bits per heavy atom. The highest BCUT2D eigenvalue weighted by Crippen LogP contribution is 2.39. The van der Waals surface area contributed by atoms with E-state index in [2.05, 4.69) is 0 Å². The molecule has 158 valence electrons. The lowest BCUT2D eigenvalue weighted by Gasteiger charge is -2.27. The molecule has 0 bridgehead atoms. The predicted molar refractivity (Wildman–Crippen MR) is 120 cm³/mol. The number of benzene rings is 2. The van der Waals surface area contributed by atoms with Gasteiger partial charge in [-0.05, 0) is 67.8 Å². The molecule has 2 atom stereocenters. The summed E-state index contributed by atoms with van der Waals surface area (Å²) in [6, 6.07) is 12.3. The first-order chi connectivity index (χ1) is 14.4. The third-order valence-electron chi connectivity index (χ3n) is 6.78.